The summed E-state index contributed by atoms with van der Waals surface area (Å²) in [7, 11) is 3.25. The molecule has 0 saturated heterocycles. The molecule has 0 aliphatic rings. The number of nitrogens with one attached hydrogen (secondary N) is 1. The number of amides is 1. The van der Waals surface area contributed by atoms with Crippen LogP contribution in [0.4, 0.5) is 24.5 Å². The van der Waals surface area contributed by atoms with Gasteiger partial charge in [0.1, 0.15) is 5.69 Å². The molecule has 28 heavy (non-hydrogen) atoms. The predicted molar refractivity (Wildman–Crippen MR) is 101 cm³/mol. The molecule has 0 saturated carbocycles. The van der Waals surface area contributed by atoms with Crippen molar-refractivity contribution in [3.8, 4) is 11.3 Å². The van der Waals surface area contributed by atoms with Crippen molar-refractivity contribution in [2.24, 2.45) is 0 Å². The van der Waals surface area contributed by atoms with E-state index in [9.17, 15) is 18.0 Å². The molecule has 5 nitrogen and oxygen atoms in total. The van der Waals surface area contributed by atoms with E-state index in [0.717, 1.165) is 6.07 Å². The van der Waals surface area contributed by atoms with Crippen LogP contribution in [0.15, 0.2) is 53.1 Å². The molecule has 3 aromatic rings. The molecule has 1 N–H and O–H groups in total. The Morgan fingerprint density at radius 1 is 1.14 bits per heavy atom. The van der Waals surface area contributed by atoms with Gasteiger partial charge in [0.25, 0.3) is 5.91 Å². The molecule has 1 heterocycles. The van der Waals surface area contributed by atoms with E-state index in [2.05, 4.69) is 10.5 Å². The number of carbonyl (C=O) groups excluding carboxylic acids is 1. The van der Waals surface area contributed by atoms with E-state index in [0.29, 0.717) is 22.0 Å². The number of halogens is 4. The molecule has 1 aromatic heterocycles. The smallest absolute Gasteiger partial charge is 0.378 e. The average Bonchev–Trinajstić information content (AvgIpc) is 3.11. The maximum atomic E-state index is 13.4. The van der Waals surface area contributed by atoms with Crippen LogP contribution in [0, 0.1) is 0 Å². The highest BCUT2D eigenvalue weighted by atomic mass is 35.5. The van der Waals surface area contributed by atoms with Gasteiger partial charge in [-0.05, 0) is 30.3 Å². The topological polar surface area (TPSA) is 58.4 Å². The molecule has 146 valence electrons. The lowest BCUT2D eigenvalue weighted by Gasteiger charge is -2.18. The van der Waals surface area contributed by atoms with Crippen LogP contribution in [0.3, 0.4) is 0 Å². The highest BCUT2D eigenvalue weighted by Gasteiger charge is 2.34. The Hall–Kier alpha value is -3.00. The Kier molecular flexibility index (Phi) is 5.33. The molecular formula is C19H15ClF3N3O2. The van der Waals surface area contributed by atoms with Crippen molar-refractivity contribution in [1.82, 2.24) is 5.16 Å². The van der Waals surface area contributed by atoms with Crippen LogP contribution in [0.1, 0.15) is 16.1 Å². The second-order valence-electron chi connectivity index (χ2n) is 6.16. The third-order valence-corrected chi connectivity index (χ3v) is 4.16. The number of hydrogen-bond acceptors (Lipinski definition) is 4. The first-order valence-electron chi connectivity index (χ1n) is 8.08. The predicted octanol–water partition coefficient (Wildman–Crippen LogP) is 5.33. The van der Waals surface area contributed by atoms with E-state index in [1.165, 1.54) is 23.1 Å². The SMILES string of the molecule is CN(C)c1ccc(NC(=O)c2cc(-c3cccc(Cl)c3)no2)c(C(F)(F)F)c1. The summed E-state index contributed by atoms with van der Waals surface area (Å²) in [6.45, 7) is 0. The van der Waals surface area contributed by atoms with E-state index in [-0.39, 0.29) is 11.4 Å². The van der Waals surface area contributed by atoms with Crippen LogP contribution in [-0.2, 0) is 6.18 Å². The summed E-state index contributed by atoms with van der Waals surface area (Å²) in [6.07, 6.45) is -4.64. The van der Waals surface area contributed by atoms with Gasteiger partial charge < -0.3 is 14.7 Å². The highest BCUT2D eigenvalue weighted by Crippen LogP contribution is 2.37. The van der Waals surface area contributed by atoms with Crippen LogP contribution in [0.5, 0.6) is 0 Å². The normalized spacial score (nSPS) is 11.4. The number of nitrogens with zero attached hydrogens (tertiary/aromatic N) is 2. The third kappa shape index (κ3) is 4.28. The van der Waals surface area contributed by atoms with Crippen LogP contribution >= 0.6 is 11.6 Å². The number of carbonyl (C=O) groups is 1. The molecule has 0 radical (unpaired) electrons. The molecule has 0 aliphatic heterocycles. The van der Waals surface area contributed by atoms with E-state index in [1.54, 1.807) is 38.4 Å². The second kappa shape index (κ2) is 7.55. The molecule has 2 aromatic carbocycles. The second-order valence-corrected chi connectivity index (χ2v) is 6.60. The lowest BCUT2D eigenvalue weighted by molar-refractivity contribution is -0.136. The Labute approximate surface area is 163 Å². The van der Waals surface area contributed by atoms with Gasteiger partial charge in [-0.25, -0.2) is 0 Å². The lowest BCUT2D eigenvalue weighted by Crippen LogP contribution is -2.17. The molecule has 0 atom stereocenters. The number of aromatic nitrogens is 1. The van der Waals surface area contributed by atoms with Crippen LogP contribution < -0.4 is 10.2 Å². The molecule has 1 amide bonds. The molecule has 0 aliphatic carbocycles. The van der Waals surface area contributed by atoms with Crippen LogP contribution in [0.2, 0.25) is 5.02 Å². The molecule has 0 bridgehead atoms. The monoisotopic (exact) mass is 409 g/mol. The summed E-state index contributed by atoms with van der Waals surface area (Å²) < 4.78 is 45.2. The first-order chi connectivity index (χ1) is 13.1. The summed E-state index contributed by atoms with van der Waals surface area (Å²) in [6, 6.07) is 11.7. The van der Waals surface area contributed by atoms with Crippen LogP contribution in [-0.4, -0.2) is 25.2 Å². The minimum Gasteiger partial charge on any atom is -0.378 e. The van der Waals surface area contributed by atoms with E-state index in [1.807, 2.05) is 0 Å². The lowest BCUT2D eigenvalue weighted by atomic mass is 10.1. The van der Waals surface area contributed by atoms with Crippen molar-refractivity contribution < 1.29 is 22.5 Å². The Balaban J connectivity index is 1.87. The largest absolute Gasteiger partial charge is 0.418 e. The Morgan fingerprint density at radius 3 is 2.54 bits per heavy atom. The summed E-state index contributed by atoms with van der Waals surface area (Å²) >= 11 is 5.92. The highest BCUT2D eigenvalue weighted by molar-refractivity contribution is 6.30. The third-order valence-electron chi connectivity index (χ3n) is 3.93. The van der Waals surface area contributed by atoms with Gasteiger partial charge in [-0.2, -0.15) is 13.2 Å². The molecular weight excluding hydrogens is 395 g/mol. The number of rotatable bonds is 4. The van der Waals surface area contributed by atoms with Crippen molar-refractivity contribution in [2.75, 3.05) is 24.3 Å². The standard InChI is InChI=1S/C19H15ClF3N3O2/c1-26(2)13-6-7-15(14(9-13)19(21,22)23)24-18(27)17-10-16(25-28-17)11-4-3-5-12(20)8-11/h3-10H,1-2H3,(H,24,27). The molecule has 0 spiro atoms. The minimum absolute atomic E-state index is 0.222. The Morgan fingerprint density at radius 2 is 1.89 bits per heavy atom. The quantitative estimate of drug-likeness (QED) is 0.632. The summed E-state index contributed by atoms with van der Waals surface area (Å²) in [4.78, 5) is 13.9. The van der Waals surface area contributed by atoms with E-state index in [4.69, 9.17) is 16.1 Å². The number of benzene rings is 2. The maximum Gasteiger partial charge on any atom is 0.418 e. The fourth-order valence-electron chi connectivity index (χ4n) is 2.50. The van der Waals surface area contributed by atoms with Gasteiger partial charge in [0, 0.05) is 36.4 Å². The first kappa shape index (κ1) is 19.8. The fourth-order valence-corrected chi connectivity index (χ4v) is 2.69. The fraction of sp³-hybridized carbons (Fsp3) is 0.158. The average molecular weight is 410 g/mol. The summed E-state index contributed by atoms with van der Waals surface area (Å²) in [5.41, 5.74) is -0.0214. The van der Waals surface area contributed by atoms with Gasteiger partial charge in [-0.1, -0.05) is 28.9 Å². The van der Waals surface area contributed by atoms with Gasteiger partial charge in [-0.3, -0.25) is 4.79 Å². The number of hydrogen-bond donors (Lipinski definition) is 1. The molecule has 9 heteroatoms. The minimum atomic E-state index is -4.64. The molecule has 3 rings (SSSR count). The maximum absolute atomic E-state index is 13.4. The zero-order valence-corrected chi connectivity index (χ0v) is 15.6. The van der Waals surface area contributed by atoms with Crippen molar-refractivity contribution in [1.29, 1.82) is 0 Å². The first-order valence-corrected chi connectivity index (χ1v) is 8.45. The van der Waals surface area contributed by atoms with Crippen molar-refractivity contribution >= 4 is 28.9 Å². The van der Waals surface area contributed by atoms with Crippen molar-refractivity contribution in [3.05, 3.63) is 64.9 Å². The van der Waals surface area contributed by atoms with Gasteiger partial charge in [0.2, 0.25) is 5.76 Å². The molecule has 0 unspecified atom stereocenters. The Bertz CT molecular complexity index is 1020. The van der Waals surface area contributed by atoms with Crippen molar-refractivity contribution in [3.63, 3.8) is 0 Å². The van der Waals surface area contributed by atoms with E-state index < -0.39 is 17.6 Å². The molecule has 0 fully saturated rings. The zero-order valence-electron chi connectivity index (χ0n) is 14.8. The summed E-state index contributed by atoms with van der Waals surface area (Å²) in [5, 5.41) is 6.49. The van der Waals surface area contributed by atoms with Gasteiger partial charge >= 0.3 is 6.18 Å². The zero-order chi connectivity index (χ0) is 20.5. The van der Waals surface area contributed by atoms with Crippen LogP contribution in [0.25, 0.3) is 11.3 Å². The number of anilines is 2. The van der Waals surface area contributed by atoms with Gasteiger partial charge in [0.05, 0.1) is 11.3 Å². The van der Waals surface area contributed by atoms with E-state index >= 15 is 0 Å². The van der Waals surface area contributed by atoms with Crippen molar-refractivity contribution in [2.45, 2.75) is 6.18 Å². The number of alkyl halides is 3. The van der Waals surface area contributed by atoms with Gasteiger partial charge in [0.15, 0.2) is 0 Å². The summed E-state index contributed by atoms with van der Waals surface area (Å²) in [5.74, 6) is -1.07. The van der Waals surface area contributed by atoms with Gasteiger partial charge in [-0.15, -0.1) is 0 Å².